The van der Waals surface area contributed by atoms with E-state index in [1.807, 2.05) is 12.1 Å². The van der Waals surface area contributed by atoms with Crippen LogP contribution in [0.4, 0.5) is 0 Å². The summed E-state index contributed by atoms with van der Waals surface area (Å²) in [4.78, 5) is 2.27. The standard InChI is InChI=1S/C13H14O2S/c1-9-4-5-12(16-9)13(14)7-2-3-11-10(13)6-8-15-11/h4-6,8,14H,2-3,7H2,1H3. The van der Waals surface area contributed by atoms with E-state index in [4.69, 9.17) is 4.42 Å². The van der Waals surface area contributed by atoms with Crippen molar-refractivity contribution in [3.8, 4) is 0 Å². The van der Waals surface area contributed by atoms with Crippen LogP contribution in [0.25, 0.3) is 0 Å². The van der Waals surface area contributed by atoms with E-state index < -0.39 is 5.60 Å². The number of hydrogen-bond acceptors (Lipinski definition) is 3. The largest absolute Gasteiger partial charge is 0.469 e. The van der Waals surface area contributed by atoms with E-state index in [1.54, 1.807) is 17.6 Å². The van der Waals surface area contributed by atoms with Crippen molar-refractivity contribution < 1.29 is 9.52 Å². The van der Waals surface area contributed by atoms with Gasteiger partial charge in [0, 0.05) is 21.7 Å². The Morgan fingerprint density at radius 2 is 2.25 bits per heavy atom. The predicted molar refractivity (Wildman–Crippen MR) is 63.7 cm³/mol. The zero-order chi connectivity index (χ0) is 11.2. The third-order valence-corrected chi connectivity index (χ3v) is 4.43. The highest BCUT2D eigenvalue weighted by Crippen LogP contribution is 2.43. The highest BCUT2D eigenvalue weighted by atomic mass is 32.1. The summed E-state index contributed by atoms with van der Waals surface area (Å²) in [6.07, 6.45) is 4.39. The molecule has 1 N–H and O–H groups in total. The van der Waals surface area contributed by atoms with Crippen molar-refractivity contribution in [3.63, 3.8) is 0 Å². The molecule has 0 radical (unpaired) electrons. The Labute approximate surface area is 98.5 Å². The van der Waals surface area contributed by atoms with Gasteiger partial charge in [0.15, 0.2) is 0 Å². The zero-order valence-electron chi connectivity index (χ0n) is 9.19. The van der Waals surface area contributed by atoms with Gasteiger partial charge in [-0.2, -0.15) is 0 Å². The minimum Gasteiger partial charge on any atom is -0.469 e. The maximum absolute atomic E-state index is 10.8. The van der Waals surface area contributed by atoms with Gasteiger partial charge in [-0.15, -0.1) is 11.3 Å². The van der Waals surface area contributed by atoms with Crippen LogP contribution in [0.1, 0.15) is 33.9 Å². The Hall–Kier alpha value is -1.06. The zero-order valence-corrected chi connectivity index (χ0v) is 10.0. The Bertz CT molecular complexity index is 511. The van der Waals surface area contributed by atoms with Crippen molar-refractivity contribution in [2.24, 2.45) is 0 Å². The van der Waals surface area contributed by atoms with E-state index in [0.29, 0.717) is 0 Å². The normalized spacial score (nSPS) is 24.4. The summed E-state index contributed by atoms with van der Waals surface area (Å²) in [5.41, 5.74) is 0.139. The second-order valence-corrected chi connectivity index (χ2v) is 5.67. The molecule has 0 aliphatic heterocycles. The number of thiophene rings is 1. The van der Waals surface area contributed by atoms with Gasteiger partial charge in [0.2, 0.25) is 0 Å². The van der Waals surface area contributed by atoms with Crippen molar-refractivity contribution in [1.29, 1.82) is 0 Å². The maximum Gasteiger partial charge on any atom is 0.127 e. The van der Waals surface area contributed by atoms with Crippen LogP contribution in [0.5, 0.6) is 0 Å². The molecule has 1 aliphatic rings. The summed E-state index contributed by atoms with van der Waals surface area (Å²) in [7, 11) is 0. The van der Waals surface area contributed by atoms with Crippen molar-refractivity contribution in [2.45, 2.75) is 31.8 Å². The number of aryl methyl sites for hydroxylation is 2. The Morgan fingerprint density at radius 1 is 1.38 bits per heavy atom. The average Bonchev–Trinajstić information content (AvgIpc) is 2.87. The molecule has 3 rings (SSSR count). The van der Waals surface area contributed by atoms with Gasteiger partial charge in [0.1, 0.15) is 11.4 Å². The highest BCUT2D eigenvalue weighted by Gasteiger charge is 2.38. The molecule has 2 nitrogen and oxygen atoms in total. The van der Waals surface area contributed by atoms with Crippen LogP contribution in [0.3, 0.4) is 0 Å². The molecule has 0 bridgehead atoms. The molecule has 1 atom stereocenters. The first-order valence-electron chi connectivity index (χ1n) is 5.56. The number of rotatable bonds is 1. The fourth-order valence-corrected chi connectivity index (χ4v) is 3.45. The molecule has 0 fully saturated rings. The minimum absolute atomic E-state index is 0.791. The van der Waals surface area contributed by atoms with Gasteiger partial charge in [-0.1, -0.05) is 0 Å². The molecule has 16 heavy (non-hydrogen) atoms. The van der Waals surface area contributed by atoms with E-state index in [0.717, 1.165) is 35.5 Å². The van der Waals surface area contributed by atoms with Crippen molar-refractivity contribution in [1.82, 2.24) is 0 Å². The molecule has 0 saturated carbocycles. The van der Waals surface area contributed by atoms with Crippen molar-refractivity contribution in [3.05, 3.63) is 45.5 Å². The summed E-state index contributed by atoms with van der Waals surface area (Å²) < 4.78 is 5.42. The molecule has 0 saturated heterocycles. The van der Waals surface area contributed by atoms with E-state index in [2.05, 4.69) is 13.0 Å². The smallest absolute Gasteiger partial charge is 0.127 e. The van der Waals surface area contributed by atoms with Crippen LogP contribution >= 0.6 is 11.3 Å². The molecule has 0 amide bonds. The second-order valence-electron chi connectivity index (χ2n) is 4.38. The van der Waals surface area contributed by atoms with E-state index in [9.17, 15) is 5.11 Å². The molecular weight excluding hydrogens is 220 g/mol. The first-order valence-corrected chi connectivity index (χ1v) is 6.38. The summed E-state index contributed by atoms with van der Waals surface area (Å²) in [6.45, 7) is 2.07. The molecule has 0 spiro atoms. The van der Waals surface area contributed by atoms with Gasteiger partial charge >= 0.3 is 0 Å². The topological polar surface area (TPSA) is 33.4 Å². The number of furan rings is 1. The van der Waals surface area contributed by atoms with Gasteiger partial charge < -0.3 is 9.52 Å². The van der Waals surface area contributed by atoms with Gasteiger partial charge in [-0.25, -0.2) is 0 Å². The van der Waals surface area contributed by atoms with Crippen LogP contribution < -0.4 is 0 Å². The van der Waals surface area contributed by atoms with Gasteiger partial charge in [0.05, 0.1) is 6.26 Å². The Kier molecular flexibility index (Phi) is 2.19. The lowest BCUT2D eigenvalue weighted by molar-refractivity contribution is 0.0626. The molecule has 2 aromatic rings. The molecular formula is C13H14O2S. The predicted octanol–water partition coefficient (Wildman–Crippen LogP) is 3.22. The summed E-state index contributed by atoms with van der Waals surface area (Å²) in [6, 6.07) is 6.00. The number of aliphatic hydroxyl groups is 1. The van der Waals surface area contributed by atoms with Gasteiger partial charge in [-0.3, -0.25) is 0 Å². The summed E-state index contributed by atoms with van der Waals surface area (Å²) in [5, 5.41) is 10.8. The van der Waals surface area contributed by atoms with Gasteiger partial charge in [0.25, 0.3) is 0 Å². The fraction of sp³-hybridized carbons (Fsp3) is 0.385. The third kappa shape index (κ3) is 1.35. The van der Waals surface area contributed by atoms with Crippen molar-refractivity contribution >= 4 is 11.3 Å². The SMILES string of the molecule is Cc1ccc(C2(O)CCCc3occc32)s1. The lowest BCUT2D eigenvalue weighted by Gasteiger charge is -2.30. The lowest BCUT2D eigenvalue weighted by Crippen LogP contribution is -2.29. The van der Waals surface area contributed by atoms with Crippen LogP contribution in [0.15, 0.2) is 28.9 Å². The number of fused-ring (bicyclic) bond motifs is 1. The van der Waals surface area contributed by atoms with E-state index >= 15 is 0 Å². The number of hydrogen-bond donors (Lipinski definition) is 1. The van der Waals surface area contributed by atoms with E-state index in [1.165, 1.54) is 4.88 Å². The molecule has 2 aromatic heterocycles. The van der Waals surface area contributed by atoms with Crippen LogP contribution in [0.2, 0.25) is 0 Å². The third-order valence-electron chi connectivity index (χ3n) is 3.28. The second kappa shape index (κ2) is 3.47. The van der Waals surface area contributed by atoms with Crippen molar-refractivity contribution in [2.75, 3.05) is 0 Å². The quantitative estimate of drug-likeness (QED) is 0.822. The van der Waals surface area contributed by atoms with Crippen LogP contribution in [-0.4, -0.2) is 5.11 Å². The maximum atomic E-state index is 10.8. The first-order chi connectivity index (χ1) is 7.70. The van der Waals surface area contributed by atoms with Gasteiger partial charge in [-0.05, 0) is 38.0 Å². The lowest BCUT2D eigenvalue weighted by atomic mass is 9.82. The molecule has 0 aromatic carbocycles. The van der Waals surface area contributed by atoms with Crippen LogP contribution in [-0.2, 0) is 12.0 Å². The fourth-order valence-electron chi connectivity index (χ4n) is 2.45. The monoisotopic (exact) mass is 234 g/mol. The molecule has 1 unspecified atom stereocenters. The minimum atomic E-state index is -0.820. The molecule has 1 aliphatic carbocycles. The molecule has 3 heteroatoms. The average molecular weight is 234 g/mol. The first kappa shape index (κ1) is 10.1. The highest BCUT2D eigenvalue weighted by molar-refractivity contribution is 7.12. The summed E-state index contributed by atoms with van der Waals surface area (Å²) in [5.74, 6) is 0.944. The molecule has 84 valence electrons. The van der Waals surface area contributed by atoms with E-state index in [-0.39, 0.29) is 0 Å². The Balaban J connectivity index is 2.13. The van der Waals surface area contributed by atoms with Crippen LogP contribution in [0, 0.1) is 6.92 Å². The Morgan fingerprint density at radius 3 is 3.00 bits per heavy atom. The summed E-state index contributed by atoms with van der Waals surface area (Å²) >= 11 is 1.67. The molecule has 2 heterocycles.